The summed E-state index contributed by atoms with van der Waals surface area (Å²) < 4.78 is 0. The van der Waals surface area contributed by atoms with Crippen molar-refractivity contribution in [3.8, 4) is 0 Å². The van der Waals surface area contributed by atoms with E-state index < -0.39 is 0 Å². The highest BCUT2D eigenvalue weighted by Crippen LogP contribution is 2.38. The number of aryl methyl sites for hydroxylation is 1. The zero-order chi connectivity index (χ0) is 13.1. The van der Waals surface area contributed by atoms with Gasteiger partial charge in [0, 0.05) is 23.9 Å². The summed E-state index contributed by atoms with van der Waals surface area (Å²) in [6.45, 7) is 0. The van der Waals surface area contributed by atoms with E-state index in [1.807, 2.05) is 6.20 Å². The smallest absolute Gasteiger partial charge is 0.0482 e. The molecule has 1 aromatic heterocycles. The van der Waals surface area contributed by atoms with Crippen molar-refractivity contribution in [1.82, 2.24) is 10.4 Å². The molecule has 0 radical (unpaired) electrons. The van der Waals surface area contributed by atoms with E-state index in [0.29, 0.717) is 12.0 Å². The fraction of sp³-hybridized carbons (Fsp3) is 0.688. The first-order valence-electron chi connectivity index (χ1n) is 7.80. The van der Waals surface area contributed by atoms with E-state index in [4.69, 9.17) is 5.84 Å². The van der Waals surface area contributed by atoms with Crippen LogP contribution in [0.25, 0.3) is 0 Å². The molecule has 1 fully saturated rings. The average Bonchev–Trinajstić information content (AvgIpc) is 2.49. The summed E-state index contributed by atoms with van der Waals surface area (Å²) in [6, 6.07) is 4.71. The number of nitrogens with zero attached hydrogens (tertiary/aromatic N) is 1. The van der Waals surface area contributed by atoms with Gasteiger partial charge >= 0.3 is 0 Å². The third kappa shape index (κ3) is 2.67. The first-order chi connectivity index (χ1) is 9.40. The molecule has 104 valence electrons. The van der Waals surface area contributed by atoms with E-state index in [0.717, 1.165) is 5.92 Å². The second-order valence-corrected chi connectivity index (χ2v) is 6.14. The molecule has 3 nitrogen and oxygen atoms in total. The first kappa shape index (κ1) is 13.1. The standard InChI is InChI=1S/C16H25N3/c17-19-16(13-6-2-1-3-7-13)14-10-4-8-12-9-5-11-18-15(12)14/h5,9,11,13-14,16,19H,1-4,6-8,10,17H2. The Morgan fingerprint density at radius 2 is 2.00 bits per heavy atom. The van der Waals surface area contributed by atoms with Crippen molar-refractivity contribution in [2.24, 2.45) is 11.8 Å². The number of nitrogens with one attached hydrogen (secondary N) is 1. The molecule has 0 aliphatic heterocycles. The van der Waals surface area contributed by atoms with Gasteiger partial charge < -0.3 is 0 Å². The number of pyridine rings is 1. The van der Waals surface area contributed by atoms with Crippen LogP contribution in [-0.2, 0) is 6.42 Å². The SMILES string of the molecule is NNC(C1CCCCC1)C1CCCc2cccnc21. The summed E-state index contributed by atoms with van der Waals surface area (Å²) in [4.78, 5) is 4.67. The monoisotopic (exact) mass is 259 g/mol. The Bertz CT molecular complexity index is 412. The van der Waals surface area contributed by atoms with Crippen molar-refractivity contribution < 1.29 is 0 Å². The molecular weight excluding hydrogens is 234 g/mol. The number of hydrogen-bond donors (Lipinski definition) is 2. The van der Waals surface area contributed by atoms with Gasteiger partial charge in [-0.1, -0.05) is 25.3 Å². The Morgan fingerprint density at radius 3 is 2.79 bits per heavy atom. The minimum Gasteiger partial charge on any atom is -0.271 e. The summed E-state index contributed by atoms with van der Waals surface area (Å²) in [5.74, 6) is 7.16. The van der Waals surface area contributed by atoms with Crippen LogP contribution in [0.5, 0.6) is 0 Å². The maximum Gasteiger partial charge on any atom is 0.0482 e. The van der Waals surface area contributed by atoms with E-state index in [1.54, 1.807) is 0 Å². The summed E-state index contributed by atoms with van der Waals surface area (Å²) in [6.07, 6.45) is 12.4. The zero-order valence-electron chi connectivity index (χ0n) is 11.6. The van der Waals surface area contributed by atoms with Gasteiger partial charge in [0.25, 0.3) is 0 Å². The van der Waals surface area contributed by atoms with Gasteiger partial charge in [-0.15, -0.1) is 0 Å². The minimum atomic E-state index is 0.411. The van der Waals surface area contributed by atoms with Crippen LogP contribution in [0.4, 0.5) is 0 Å². The molecule has 0 aromatic carbocycles. The Hall–Kier alpha value is -0.930. The lowest BCUT2D eigenvalue weighted by Gasteiger charge is -2.37. The Kier molecular flexibility index (Phi) is 4.14. The lowest BCUT2D eigenvalue weighted by molar-refractivity contribution is 0.227. The fourth-order valence-electron chi connectivity index (χ4n) is 4.07. The van der Waals surface area contributed by atoms with Crippen molar-refractivity contribution in [1.29, 1.82) is 0 Å². The van der Waals surface area contributed by atoms with E-state index in [2.05, 4.69) is 22.5 Å². The quantitative estimate of drug-likeness (QED) is 0.648. The molecule has 3 N–H and O–H groups in total. The molecule has 0 amide bonds. The largest absolute Gasteiger partial charge is 0.271 e. The molecule has 2 atom stereocenters. The molecule has 2 unspecified atom stereocenters. The average molecular weight is 259 g/mol. The summed E-state index contributed by atoms with van der Waals surface area (Å²) in [5.41, 5.74) is 5.89. The minimum absolute atomic E-state index is 0.411. The number of nitrogens with two attached hydrogens (primary N) is 1. The molecular formula is C16H25N3. The second kappa shape index (κ2) is 6.02. The van der Waals surface area contributed by atoms with Gasteiger partial charge in [-0.25, -0.2) is 0 Å². The van der Waals surface area contributed by atoms with Crippen LogP contribution in [-0.4, -0.2) is 11.0 Å². The molecule has 0 spiro atoms. The molecule has 1 saturated carbocycles. The van der Waals surface area contributed by atoms with Gasteiger partial charge in [0.2, 0.25) is 0 Å². The van der Waals surface area contributed by atoms with Crippen LogP contribution in [0.3, 0.4) is 0 Å². The van der Waals surface area contributed by atoms with Crippen LogP contribution in [0.2, 0.25) is 0 Å². The van der Waals surface area contributed by atoms with Gasteiger partial charge in [-0.3, -0.25) is 16.3 Å². The highest BCUT2D eigenvalue weighted by atomic mass is 15.2. The van der Waals surface area contributed by atoms with E-state index in [9.17, 15) is 0 Å². The second-order valence-electron chi connectivity index (χ2n) is 6.14. The van der Waals surface area contributed by atoms with Crippen LogP contribution < -0.4 is 11.3 Å². The number of rotatable bonds is 3. The zero-order valence-corrected chi connectivity index (χ0v) is 11.6. The molecule has 0 saturated heterocycles. The molecule has 19 heavy (non-hydrogen) atoms. The molecule has 0 bridgehead atoms. The van der Waals surface area contributed by atoms with Crippen molar-refractivity contribution in [3.63, 3.8) is 0 Å². The Morgan fingerprint density at radius 1 is 1.16 bits per heavy atom. The number of fused-ring (bicyclic) bond motifs is 1. The van der Waals surface area contributed by atoms with Gasteiger partial charge in [0.15, 0.2) is 0 Å². The van der Waals surface area contributed by atoms with Crippen molar-refractivity contribution >= 4 is 0 Å². The molecule has 2 aliphatic rings. The van der Waals surface area contributed by atoms with Crippen molar-refractivity contribution in [2.75, 3.05) is 0 Å². The highest BCUT2D eigenvalue weighted by Gasteiger charge is 2.34. The van der Waals surface area contributed by atoms with E-state index in [-0.39, 0.29) is 0 Å². The van der Waals surface area contributed by atoms with Gasteiger partial charge in [-0.05, 0) is 49.7 Å². The van der Waals surface area contributed by atoms with Crippen LogP contribution in [0.15, 0.2) is 18.3 Å². The summed E-state index contributed by atoms with van der Waals surface area (Å²) >= 11 is 0. The number of hydrogen-bond acceptors (Lipinski definition) is 3. The fourth-order valence-corrected chi connectivity index (χ4v) is 4.07. The Balaban J connectivity index is 1.83. The molecule has 3 heteroatoms. The predicted octanol–water partition coefficient (Wildman–Crippen LogP) is 2.91. The van der Waals surface area contributed by atoms with Crippen LogP contribution in [0.1, 0.15) is 62.1 Å². The maximum absolute atomic E-state index is 5.91. The number of aromatic nitrogens is 1. The van der Waals surface area contributed by atoms with E-state index >= 15 is 0 Å². The normalized spacial score (nSPS) is 25.8. The van der Waals surface area contributed by atoms with Crippen molar-refractivity contribution in [3.05, 3.63) is 29.6 Å². The summed E-state index contributed by atoms with van der Waals surface area (Å²) in [5, 5.41) is 0. The predicted molar refractivity (Wildman–Crippen MR) is 77.6 cm³/mol. The molecule has 3 rings (SSSR count). The molecule has 2 aliphatic carbocycles. The maximum atomic E-state index is 5.91. The van der Waals surface area contributed by atoms with Crippen molar-refractivity contribution in [2.45, 2.75) is 63.3 Å². The van der Waals surface area contributed by atoms with E-state index in [1.165, 1.54) is 62.6 Å². The van der Waals surface area contributed by atoms with Crippen LogP contribution in [0, 0.1) is 5.92 Å². The lowest BCUT2D eigenvalue weighted by atomic mass is 9.73. The third-order valence-electron chi connectivity index (χ3n) is 5.02. The Labute approximate surface area is 116 Å². The molecule has 1 heterocycles. The topological polar surface area (TPSA) is 50.9 Å². The third-order valence-corrected chi connectivity index (χ3v) is 5.02. The number of hydrazine groups is 1. The molecule has 1 aromatic rings. The van der Waals surface area contributed by atoms with Gasteiger partial charge in [0.05, 0.1) is 0 Å². The summed E-state index contributed by atoms with van der Waals surface area (Å²) in [7, 11) is 0. The van der Waals surface area contributed by atoms with Gasteiger partial charge in [0.1, 0.15) is 0 Å². The van der Waals surface area contributed by atoms with Crippen LogP contribution >= 0.6 is 0 Å². The van der Waals surface area contributed by atoms with Gasteiger partial charge in [-0.2, -0.15) is 0 Å². The highest BCUT2D eigenvalue weighted by molar-refractivity contribution is 5.27. The lowest BCUT2D eigenvalue weighted by Crippen LogP contribution is -2.46. The first-order valence-corrected chi connectivity index (χ1v) is 7.80.